The molecule has 0 bridgehead atoms. The number of halogens is 1. The summed E-state index contributed by atoms with van der Waals surface area (Å²) in [7, 11) is -2.86. The fourth-order valence-electron chi connectivity index (χ4n) is 1.95. The zero-order chi connectivity index (χ0) is 21.6. The van der Waals surface area contributed by atoms with Crippen LogP contribution in [0.4, 0.5) is 5.82 Å². The molecule has 3 aromatic rings. The van der Waals surface area contributed by atoms with Crippen molar-refractivity contribution in [3.63, 3.8) is 0 Å². The van der Waals surface area contributed by atoms with Crippen molar-refractivity contribution in [2.45, 2.75) is 13.0 Å². The van der Waals surface area contributed by atoms with Gasteiger partial charge in [-0.2, -0.15) is 10.1 Å². The predicted molar refractivity (Wildman–Crippen MR) is 83.4 cm³/mol. The molecule has 0 saturated carbocycles. The smallest absolute Gasteiger partial charge is 0.259 e. The maximum absolute atomic E-state index is 7.35. The summed E-state index contributed by atoms with van der Waals surface area (Å²) in [6.07, 6.45) is 1.24. The summed E-state index contributed by atoms with van der Waals surface area (Å²) < 4.78 is 55.4. The fourth-order valence-corrected chi connectivity index (χ4v) is 2.17. The van der Waals surface area contributed by atoms with Gasteiger partial charge in [0.15, 0.2) is 22.8 Å². The lowest BCUT2D eigenvalue weighted by Crippen LogP contribution is -2.09. The first-order valence-electron chi connectivity index (χ1n) is 9.24. The number of nitrogens with two attached hydrogens (primary N) is 1. The summed E-state index contributed by atoms with van der Waals surface area (Å²) in [5.41, 5.74) is 6.02. The second kappa shape index (κ2) is 5.84. The quantitative estimate of drug-likeness (QED) is 0.711. The predicted octanol–water partition coefficient (Wildman–Crippen LogP) is 1.54. The topological polar surface area (TPSA) is 114 Å². The molecule has 0 spiro atoms. The van der Waals surface area contributed by atoms with Gasteiger partial charge in [-0.1, -0.05) is 11.6 Å². The molecule has 0 aliphatic heterocycles. The van der Waals surface area contributed by atoms with Gasteiger partial charge in [-0.15, -0.1) is 0 Å². The molecule has 1 atom stereocenters. The van der Waals surface area contributed by atoms with E-state index in [2.05, 4.69) is 25.0 Å². The van der Waals surface area contributed by atoms with Crippen LogP contribution in [0.25, 0.3) is 10.9 Å². The van der Waals surface area contributed by atoms with Gasteiger partial charge in [0, 0.05) is 11.1 Å². The van der Waals surface area contributed by atoms with Crippen LogP contribution in [0.2, 0.25) is 5.15 Å². The van der Waals surface area contributed by atoms with Crippen molar-refractivity contribution in [1.29, 1.82) is 0 Å². The van der Waals surface area contributed by atoms with E-state index in [1.807, 2.05) is 0 Å². The zero-order valence-electron chi connectivity index (χ0n) is 17.7. The lowest BCUT2D eigenvalue weighted by atomic mass is 10.2. The third-order valence-electron chi connectivity index (χ3n) is 2.96. The van der Waals surface area contributed by atoms with Gasteiger partial charge in [-0.25, -0.2) is 15.0 Å². The van der Waals surface area contributed by atoms with Crippen LogP contribution in [0.15, 0.2) is 12.7 Å². The Bertz CT molecular complexity index is 1050. The first-order valence-corrected chi connectivity index (χ1v) is 6.62. The fraction of sp³-hybridized carbons (Fsp3) is 0.308. The third-order valence-corrected chi connectivity index (χ3v) is 3.22. The van der Waals surface area contributed by atoms with E-state index in [1.54, 1.807) is 0 Å². The molecule has 0 aliphatic carbocycles. The lowest BCUT2D eigenvalue weighted by Gasteiger charge is -2.16. The Kier molecular flexibility index (Phi) is 2.40. The van der Waals surface area contributed by atoms with Crippen LogP contribution in [-0.2, 0) is 6.98 Å². The van der Waals surface area contributed by atoms with E-state index >= 15 is 0 Å². The molecular weight excluding hydrogens is 322 g/mol. The average molecular weight is 342 g/mol. The highest BCUT2D eigenvalue weighted by Gasteiger charge is 2.22. The van der Waals surface area contributed by atoms with Gasteiger partial charge in [-0.05, 0) is 6.92 Å². The summed E-state index contributed by atoms with van der Waals surface area (Å²) in [5.74, 6) is -0.709. The first kappa shape index (κ1) is 9.46. The first-order chi connectivity index (χ1) is 13.4. The number of hydrogen-bond acceptors (Lipinski definition) is 8. The normalized spacial score (nSPS) is 17.3. The molecule has 0 amide bonds. The van der Waals surface area contributed by atoms with Crippen molar-refractivity contribution < 1.29 is 17.7 Å². The van der Waals surface area contributed by atoms with Crippen molar-refractivity contribution in [1.82, 2.24) is 29.7 Å². The Morgan fingerprint density at radius 2 is 2.26 bits per heavy atom. The van der Waals surface area contributed by atoms with Crippen LogP contribution in [0.3, 0.4) is 0 Å². The Hall–Kier alpha value is -2.68. The second-order valence-corrected chi connectivity index (χ2v) is 4.79. The van der Waals surface area contributed by atoms with E-state index in [4.69, 9.17) is 35.0 Å². The van der Waals surface area contributed by atoms with Crippen LogP contribution >= 0.6 is 11.6 Å². The Labute approximate surface area is 144 Å². The van der Waals surface area contributed by atoms with E-state index in [0.29, 0.717) is 4.68 Å². The highest BCUT2D eigenvalue weighted by molar-refractivity contribution is 6.34. The van der Waals surface area contributed by atoms with Gasteiger partial charge in [0.2, 0.25) is 0 Å². The standard InChI is InChI=1S/C13H14ClN7O2/c1-6(12-18-5-21(2)20-12)23-9-7-8(16-4-17-11(7)15)10(14)19-13(9)22-3/h4-6H,1-3H3,(H2,15,16,17)/i2D3,3D3. The number of hydrogen-bond donors (Lipinski definition) is 1. The Morgan fingerprint density at radius 3 is 3.00 bits per heavy atom. The molecular formula is C13H14ClN7O2. The van der Waals surface area contributed by atoms with Crippen molar-refractivity contribution in [3.05, 3.63) is 23.6 Å². The minimum absolute atomic E-state index is 0.0134. The summed E-state index contributed by atoms with van der Waals surface area (Å²) in [5, 5.41) is 3.77. The summed E-state index contributed by atoms with van der Waals surface area (Å²) >= 11 is 6.08. The number of aryl methyl sites for hydroxylation is 1. The van der Waals surface area contributed by atoms with Crippen LogP contribution in [0.5, 0.6) is 11.6 Å². The molecule has 120 valence electrons. The number of methoxy groups -OCH3 is 1. The van der Waals surface area contributed by atoms with Crippen molar-refractivity contribution in [3.8, 4) is 11.6 Å². The van der Waals surface area contributed by atoms with Gasteiger partial charge in [0.1, 0.15) is 24.0 Å². The van der Waals surface area contributed by atoms with E-state index in [-0.39, 0.29) is 33.4 Å². The average Bonchev–Trinajstić information content (AvgIpc) is 3.07. The van der Waals surface area contributed by atoms with Gasteiger partial charge < -0.3 is 15.2 Å². The lowest BCUT2D eigenvalue weighted by molar-refractivity contribution is 0.207. The minimum atomic E-state index is -2.86. The highest BCUT2D eigenvalue weighted by Crippen LogP contribution is 2.40. The third kappa shape index (κ3) is 2.70. The second-order valence-electron chi connectivity index (χ2n) is 4.43. The zero-order valence-corrected chi connectivity index (χ0v) is 12.4. The number of ether oxygens (including phenoxy) is 2. The molecule has 0 aliphatic rings. The molecule has 3 rings (SSSR count). The molecule has 9 nitrogen and oxygen atoms in total. The maximum atomic E-state index is 7.35. The van der Waals surface area contributed by atoms with Gasteiger partial charge in [0.25, 0.3) is 5.88 Å². The number of nitrogens with zero attached hydrogens (tertiary/aromatic N) is 6. The van der Waals surface area contributed by atoms with Crippen LogP contribution < -0.4 is 15.2 Å². The highest BCUT2D eigenvalue weighted by atomic mass is 35.5. The van der Waals surface area contributed by atoms with Crippen LogP contribution in [0, 0.1) is 0 Å². The monoisotopic (exact) mass is 341 g/mol. The number of aromatic nitrogens is 6. The van der Waals surface area contributed by atoms with Crippen LogP contribution in [0.1, 0.15) is 27.1 Å². The van der Waals surface area contributed by atoms with Crippen molar-refractivity contribution >= 4 is 28.3 Å². The molecule has 0 fully saturated rings. The largest absolute Gasteiger partial charge is 0.478 e. The SMILES string of the molecule is [2H]C([2H])([2H])Oc1nc(Cl)c2ncnc(N)c2c1OC(C)c1ncn(C([2H])([2H])[2H])n1. The Morgan fingerprint density at radius 1 is 1.39 bits per heavy atom. The van der Waals surface area contributed by atoms with Crippen LogP contribution in [-0.4, -0.2) is 36.8 Å². The number of rotatable bonds is 4. The molecule has 2 N–H and O–H groups in total. The molecule has 0 aromatic carbocycles. The molecule has 0 saturated heterocycles. The van der Waals surface area contributed by atoms with Crippen molar-refractivity contribution in [2.75, 3.05) is 12.8 Å². The Balaban J connectivity index is 2.10. The van der Waals surface area contributed by atoms with Gasteiger partial charge in [0.05, 0.1) is 16.5 Å². The number of nitrogen functional groups attached to an aromatic ring is 1. The minimum Gasteiger partial charge on any atom is -0.478 e. The van der Waals surface area contributed by atoms with E-state index < -0.39 is 26.0 Å². The molecule has 3 aromatic heterocycles. The molecule has 1 unspecified atom stereocenters. The summed E-state index contributed by atoms with van der Waals surface area (Å²) in [6, 6.07) is 0. The van der Waals surface area contributed by atoms with Gasteiger partial charge >= 0.3 is 0 Å². The molecule has 3 heterocycles. The van der Waals surface area contributed by atoms with E-state index in [9.17, 15) is 0 Å². The summed E-state index contributed by atoms with van der Waals surface area (Å²) in [4.78, 5) is 15.6. The number of pyridine rings is 1. The van der Waals surface area contributed by atoms with Gasteiger partial charge in [-0.3, -0.25) is 4.68 Å². The van der Waals surface area contributed by atoms with E-state index in [1.165, 1.54) is 6.92 Å². The molecule has 0 radical (unpaired) electrons. The summed E-state index contributed by atoms with van der Waals surface area (Å²) in [6.45, 7) is -1.01. The molecule has 23 heavy (non-hydrogen) atoms. The van der Waals surface area contributed by atoms with Crippen molar-refractivity contribution in [2.24, 2.45) is 6.98 Å². The number of fused-ring (bicyclic) bond motifs is 1. The number of anilines is 1. The molecule has 10 heteroatoms. The maximum Gasteiger partial charge on any atom is 0.259 e. The van der Waals surface area contributed by atoms with E-state index in [0.717, 1.165) is 12.7 Å².